The number of nitrogens with two attached hydrogens (primary N) is 3. The van der Waals surface area contributed by atoms with E-state index < -0.39 is 11.8 Å². The molecule has 0 heterocycles. The topological polar surface area (TPSA) is 115 Å². The molecule has 2 amide bonds. The van der Waals surface area contributed by atoms with Crippen molar-refractivity contribution >= 4 is 45.8 Å². The van der Waals surface area contributed by atoms with Crippen LogP contribution in [0.25, 0.3) is 0 Å². The zero-order valence-corrected chi connectivity index (χ0v) is 11.2. The molecule has 0 aliphatic carbocycles. The fourth-order valence-corrected chi connectivity index (χ4v) is 2.26. The quantitative estimate of drug-likeness (QED) is 0.498. The first kappa shape index (κ1) is 13.6. The number of carbonyl (C=O) groups is 2. The van der Waals surface area contributed by atoms with Gasteiger partial charge in [-0.3, -0.25) is 9.59 Å². The van der Waals surface area contributed by atoms with Gasteiger partial charge in [0.05, 0.1) is 18.8 Å². The van der Waals surface area contributed by atoms with Gasteiger partial charge in [0, 0.05) is 9.26 Å². The first-order valence-electron chi connectivity index (χ1n) is 4.76. The average Bonchev–Trinajstić information content (AvgIpc) is 2.14. The monoisotopic (exact) mass is 348 g/mol. The lowest BCUT2D eigenvalue weighted by molar-refractivity contribution is -0.117. The fraction of sp³-hybridized carbons (Fsp3) is 0.200. The second kappa shape index (κ2) is 5.71. The molecule has 0 saturated carbocycles. The van der Waals surface area contributed by atoms with Gasteiger partial charge in [-0.1, -0.05) is 0 Å². The molecule has 0 spiro atoms. The molecule has 0 bridgehead atoms. The van der Waals surface area contributed by atoms with Crippen LogP contribution in [0.5, 0.6) is 0 Å². The SMILES string of the molecule is NC(=O)CN(CC(N)=O)c1ccc(N)cc1I. The van der Waals surface area contributed by atoms with Gasteiger partial charge in [0.15, 0.2) is 0 Å². The number of rotatable bonds is 5. The maximum Gasteiger partial charge on any atom is 0.236 e. The van der Waals surface area contributed by atoms with Crippen LogP contribution in [0.4, 0.5) is 11.4 Å². The molecule has 1 aromatic rings. The number of nitrogens with zero attached hydrogens (tertiary/aromatic N) is 1. The predicted octanol–water partition coefficient (Wildman–Crippen LogP) is -0.350. The second-order valence-electron chi connectivity index (χ2n) is 3.50. The van der Waals surface area contributed by atoms with Crippen molar-refractivity contribution in [1.82, 2.24) is 0 Å². The number of primary amides is 2. The van der Waals surface area contributed by atoms with Crippen LogP contribution in [0.2, 0.25) is 0 Å². The maximum absolute atomic E-state index is 10.9. The number of nitrogen functional groups attached to an aromatic ring is 1. The van der Waals surface area contributed by atoms with Crippen molar-refractivity contribution in [2.24, 2.45) is 11.5 Å². The fourth-order valence-electron chi connectivity index (χ4n) is 1.38. The molecule has 92 valence electrons. The van der Waals surface area contributed by atoms with E-state index in [4.69, 9.17) is 17.2 Å². The first-order chi connectivity index (χ1) is 7.90. The van der Waals surface area contributed by atoms with Crippen molar-refractivity contribution in [2.75, 3.05) is 23.7 Å². The van der Waals surface area contributed by atoms with Crippen LogP contribution in [0, 0.1) is 3.57 Å². The van der Waals surface area contributed by atoms with E-state index in [1.807, 2.05) is 0 Å². The molecule has 0 radical (unpaired) electrons. The number of hydrogen-bond donors (Lipinski definition) is 3. The number of anilines is 2. The highest BCUT2D eigenvalue weighted by Gasteiger charge is 2.14. The van der Waals surface area contributed by atoms with Gasteiger partial charge in [0.1, 0.15) is 0 Å². The van der Waals surface area contributed by atoms with Crippen LogP contribution in [-0.2, 0) is 9.59 Å². The molecule has 6 nitrogen and oxygen atoms in total. The molecule has 0 aliphatic rings. The molecule has 0 aromatic heterocycles. The van der Waals surface area contributed by atoms with E-state index in [0.717, 1.165) is 3.57 Å². The summed E-state index contributed by atoms with van der Waals surface area (Å²) in [6, 6.07) is 5.15. The van der Waals surface area contributed by atoms with Gasteiger partial charge in [-0.15, -0.1) is 0 Å². The Labute approximate surface area is 112 Å². The number of hydrogen-bond acceptors (Lipinski definition) is 4. The van der Waals surface area contributed by atoms with Crippen molar-refractivity contribution < 1.29 is 9.59 Å². The Morgan fingerprint density at radius 1 is 1.18 bits per heavy atom. The molecule has 1 aromatic carbocycles. The van der Waals surface area contributed by atoms with Gasteiger partial charge in [-0.2, -0.15) is 0 Å². The van der Waals surface area contributed by atoms with E-state index in [-0.39, 0.29) is 13.1 Å². The Morgan fingerprint density at radius 2 is 1.71 bits per heavy atom. The third-order valence-electron chi connectivity index (χ3n) is 2.01. The third kappa shape index (κ3) is 4.10. The summed E-state index contributed by atoms with van der Waals surface area (Å²) in [5, 5.41) is 0. The molecule has 7 heteroatoms. The Hall–Kier alpha value is -1.51. The molecular weight excluding hydrogens is 335 g/mol. The lowest BCUT2D eigenvalue weighted by Crippen LogP contribution is -2.40. The zero-order chi connectivity index (χ0) is 13.0. The van der Waals surface area contributed by atoms with Crippen LogP contribution in [0.1, 0.15) is 0 Å². The summed E-state index contributed by atoms with van der Waals surface area (Å²) in [6.07, 6.45) is 0. The van der Waals surface area contributed by atoms with Crippen molar-refractivity contribution in [3.63, 3.8) is 0 Å². The summed E-state index contributed by atoms with van der Waals surface area (Å²) in [4.78, 5) is 23.4. The largest absolute Gasteiger partial charge is 0.399 e. The molecule has 6 N–H and O–H groups in total. The lowest BCUT2D eigenvalue weighted by atomic mass is 10.2. The van der Waals surface area contributed by atoms with Crippen LogP contribution in [-0.4, -0.2) is 24.9 Å². The molecule has 0 unspecified atom stereocenters. The zero-order valence-electron chi connectivity index (χ0n) is 9.02. The normalized spacial score (nSPS) is 9.94. The third-order valence-corrected chi connectivity index (χ3v) is 2.87. The Morgan fingerprint density at radius 3 is 2.12 bits per heavy atom. The summed E-state index contributed by atoms with van der Waals surface area (Å²) in [5.74, 6) is -1.06. The van der Waals surface area contributed by atoms with E-state index in [1.165, 1.54) is 4.90 Å². The smallest absolute Gasteiger partial charge is 0.236 e. The minimum atomic E-state index is -0.529. The van der Waals surface area contributed by atoms with Crippen LogP contribution in [0.3, 0.4) is 0 Å². The summed E-state index contributed by atoms with van der Waals surface area (Å²) >= 11 is 2.07. The molecule has 0 fully saturated rings. The molecule has 0 atom stereocenters. The standard InChI is InChI=1S/C10H13IN4O2/c11-7-3-6(12)1-2-8(7)15(4-9(13)16)5-10(14)17/h1-3H,4-5,12H2,(H2,13,16)(H2,14,17). The van der Waals surface area contributed by atoms with E-state index in [0.29, 0.717) is 11.4 Å². The first-order valence-corrected chi connectivity index (χ1v) is 5.84. The van der Waals surface area contributed by atoms with Gasteiger partial charge < -0.3 is 22.1 Å². The molecule has 0 saturated heterocycles. The van der Waals surface area contributed by atoms with Crippen LogP contribution < -0.4 is 22.1 Å². The van der Waals surface area contributed by atoms with Crippen molar-refractivity contribution in [3.05, 3.63) is 21.8 Å². The Bertz CT molecular complexity index is 434. The number of halogens is 1. The highest BCUT2D eigenvalue weighted by molar-refractivity contribution is 14.1. The van der Waals surface area contributed by atoms with E-state index in [1.54, 1.807) is 18.2 Å². The van der Waals surface area contributed by atoms with Gasteiger partial charge >= 0.3 is 0 Å². The summed E-state index contributed by atoms with van der Waals surface area (Å²) in [6.45, 7) is -0.133. The van der Waals surface area contributed by atoms with Gasteiger partial charge in [-0.05, 0) is 40.8 Å². The number of benzene rings is 1. The van der Waals surface area contributed by atoms with Crippen molar-refractivity contribution in [1.29, 1.82) is 0 Å². The predicted molar refractivity (Wildman–Crippen MR) is 74.2 cm³/mol. The van der Waals surface area contributed by atoms with Gasteiger partial charge in [0.25, 0.3) is 0 Å². The maximum atomic E-state index is 10.9. The summed E-state index contributed by atoms with van der Waals surface area (Å²) in [5.41, 5.74) is 17.2. The minimum Gasteiger partial charge on any atom is -0.399 e. The highest BCUT2D eigenvalue weighted by atomic mass is 127. The summed E-state index contributed by atoms with van der Waals surface area (Å²) < 4.78 is 0.824. The highest BCUT2D eigenvalue weighted by Crippen LogP contribution is 2.24. The van der Waals surface area contributed by atoms with Gasteiger partial charge in [-0.25, -0.2) is 0 Å². The van der Waals surface area contributed by atoms with Crippen molar-refractivity contribution in [2.45, 2.75) is 0 Å². The molecule has 17 heavy (non-hydrogen) atoms. The van der Waals surface area contributed by atoms with E-state index >= 15 is 0 Å². The minimum absolute atomic E-state index is 0.0666. The molecule has 0 aliphatic heterocycles. The van der Waals surface area contributed by atoms with Crippen molar-refractivity contribution in [3.8, 4) is 0 Å². The lowest BCUT2D eigenvalue weighted by Gasteiger charge is -2.23. The number of amides is 2. The van der Waals surface area contributed by atoms with Gasteiger partial charge in [0.2, 0.25) is 11.8 Å². The van der Waals surface area contributed by atoms with Crippen LogP contribution >= 0.6 is 22.6 Å². The molecule has 1 rings (SSSR count). The average molecular weight is 348 g/mol. The summed E-state index contributed by atoms with van der Waals surface area (Å²) in [7, 11) is 0. The Balaban J connectivity index is 3.02. The van der Waals surface area contributed by atoms with Crippen LogP contribution in [0.15, 0.2) is 18.2 Å². The molecular formula is C10H13IN4O2. The number of carbonyl (C=O) groups excluding carboxylic acids is 2. The van der Waals surface area contributed by atoms with E-state index in [9.17, 15) is 9.59 Å². The Kier molecular flexibility index (Phi) is 4.55. The second-order valence-corrected chi connectivity index (χ2v) is 4.66. The van der Waals surface area contributed by atoms with E-state index in [2.05, 4.69) is 22.6 Å².